The highest BCUT2D eigenvalue weighted by molar-refractivity contribution is 5.74. The number of carboxylic acids is 1. The smallest absolute Gasteiger partial charge is 0.323 e. The quantitative estimate of drug-likeness (QED) is 0.785. The molecule has 0 saturated carbocycles. The van der Waals surface area contributed by atoms with E-state index in [0.717, 1.165) is 11.4 Å². The molecule has 0 radical (unpaired) electrons. The number of aliphatic carboxylic acids is 1. The summed E-state index contributed by atoms with van der Waals surface area (Å²) in [5.74, 6) is -0.684. The Kier molecular flexibility index (Phi) is 2.58. The molecule has 0 amide bonds. The van der Waals surface area contributed by atoms with Crippen LogP contribution < -0.4 is 10.6 Å². The first kappa shape index (κ1) is 11.2. The Morgan fingerprint density at radius 1 is 1.59 bits per heavy atom. The third kappa shape index (κ3) is 1.99. The summed E-state index contributed by atoms with van der Waals surface area (Å²) < 4.78 is 1.60. The predicted octanol–water partition coefficient (Wildman–Crippen LogP) is 0.141. The summed E-state index contributed by atoms with van der Waals surface area (Å²) in [6.45, 7) is 1.77. The number of nitrogens with zero attached hydrogens (tertiary/aromatic N) is 4. The summed E-state index contributed by atoms with van der Waals surface area (Å²) >= 11 is 0. The lowest BCUT2D eigenvalue weighted by Gasteiger charge is -2.19. The number of aromatic nitrogens is 3. The summed E-state index contributed by atoms with van der Waals surface area (Å²) in [6, 6.07) is 3.56. The highest BCUT2D eigenvalue weighted by atomic mass is 16.4. The van der Waals surface area contributed by atoms with Crippen LogP contribution in [-0.4, -0.2) is 39.3 Å². The van der Waals surface area contributed by atoms with Crippen LogP contribution in [0.4, 0.5) is 11.6 Å². The van der Waals surface area contributed by atoms with E-state index in [1.165, 1.54) is 0 Å². The van der Waals surface area contributed by atoms with E-state index in [0.29, 0.717) is 5.65 Å². The minimum atomic E-state index is -0.884. The zero-order valence-electron chi connectivity index (χ0n) is 9.58. The van der Waals surface area contributed by atoms with Gasteiger partial charge in [0.2, 0.25) is 5.95 Å². The lowest BCUT2D eigenvalue weighted by atomic mass is 10.3. The average molecular weight is 235 g/mol. The molecule has 0 fully saturated rings. The molecule has 7 nitrogen and oxygen atoms in total. The average Bonchev–Trinajstić information content (AvgIpc) is 2.58. The molecule has 2 aromatic rings. The van der Waals surface area contributed by atoms with Crippen molar-refractivity contribution in [1.29, 1.82) is 0 Å². The number of rotatable bonds is 3. The molecule has 17 heavy (non-hydrogen) atoms. The molecular weight excluding hydrogens is 222 g/mol. The van der Waals surface area contributed by atoms with Crippen LogP contribution in [0.5, 0.6) is 0 Å². The van der Waals surface area contributed by atoms with Gasteiger partial charge in [0.25, 0.3) is 0 Å². The van der Waals surface area contributed by atoms with E-state index in [2.05, 4.69) is 10.1 Å². The van der Waals surface area contributed by atoms with Crippen molar-refractivity contribution in [2.24, 2.45) is 0 Å². The number of aryl methyl sites for hydroxylation is 1. The Morgan fingerprint density at radius 3 is 2.94 bits per heavy atom. The first-order valence-electron chi connectivity index (χ1n) is 5.04. The van der Waals surface area contributed by atoms with Crippen molar-refractivity contribution in [3.8, 4) is 0 Å². The van der Waals surface area contributed by atoms with E-state index in [1.807, 2.05) is 13.0 Å². The largest absolute Gasteiger partial charge is 0.480 e. The Balaban J connectivity index is 2.48. The van der Waals surface area contributed by atoms with Crippen LogP contribution in [0, 0.1) is 6.92 Å². The summed E-state index contributed by atoms with van der Waals surface area (Å²) in [4.78, 5) is 16.3. The summed E-state index contributed by atoms with van der Waals surface area (Å²) in [7, 11) is 1.71. The number of nitrogens with two attached hydrogens (primary N) is 1. The van der Waals surface area contributed by atoms with Crippen LogP contribution in [0.3, 0.4) is 0 Å². The standard InChI is InChI=1S/C10H13N5O2/c1-6-7(14(2)5-9(16)17)3-4-8-12-10(11)13-15(6)8/h3-4H,5H2,1-2H3,(H2,11,13)(H,16,17). The van der Waals surface area contributed by atoms with Crippen molar-refractivity contribution in [3.63, 3.8) is 0 Å². The fraction of sp³-hybridized carbons (Fsp3) is 0.300. The van der Waals surface area contributed by atoms with Crippen molar-refractivity contribution in [2.45, 2.75) is 6.92 Å². The molecule has 7 heteroatoms. The number of carbonyl (C=O) groups is 1. The molecule has 0 aliphatic heterocycles. The fourth-order valence-corrected chi connectivity index (χ4v) is 1.77. The summed E-state index contributed by atoms with van der Waals surface area (Å²) in [5, 5.41) is 12.8. The third-order valence-electron chi connectivity index (χ3n) is 2.51. The van der Waals surface area contributed by atoms with Crippen molar-refractivity contribution in [3.05, 3.63) is 17.8 Å². The van der Waals surface area contributed by atoms with Gasteiger partial charge in [0.15, 0.2) is 5.65 Å². The van der Waals surface area contributed by atoms with Gasteiger partial charge in [-0.05, 0) is 19.1 Å². The molecule has 2 rings (SSSR count). The molecule has 3 N–H and O–H groups in total. The van der Waals surface area contributed by atoms with Crippen LogP contribution >= 0.6 is 0 Å². The second kappa shape index (κ2) is 3.93. The van der Waals surface area contributed by atoms with Gasteiger partial charge in [-0.3, -0.25) is 4.79 Å². The second-order valence-corrected chi connectivity index (χ2v) is 3.79. The van der Waals surface area contributed by atoms with E-state index in [-0.39, 0.29) is 12.5 Å². The van der Waals surface area contributed by atoms with Gasteiger partial charge >= 0.3 is 5.97 Å². The topological polar surface area (TPSA) is 96.8 Å². The van der Waals surface area contributed by atoms with E-state index >= 15 is 0 Å². The summed E-state index contributed by atoms with van der Waals surface area (Å²) in [6.07, 6.45) is 0. The van der Waals surface area contributed by atoms with Gasteiger partial charge in [-0.25, -0.2) is 4.52 Å². The molecule has 2 heterocycles. The van der Waals surface area contributed by atoms with Crippen molar-refractivity contribution in [1.82, 2.24) is 14.6 Å². The number of anilines is 2. The first-order chi connectivity index (χ1) is 7.99. The first-order valence-corrected chi connectivity index (χ1v) is 5.04. The SMILES string of the molecule is Cc1c(N(C)CC(=O)O)ccc2nc(N)nn12. The molecule has 0 aromatic carbocycles. The number of hydrogen-bond donors (Lipinski definition) is 2. The number of likely N-dealkylation sites (N-methyl/N-ethyl adjacent to an activating group) is 1. The lowest BCUT2D eigenvalue weighted by Crippen LogP contribution is -2.26. The third-order valence-corrected chi connectivity index (χ3v) is 2.51. The normalized spacial score (nSPS) is 10.7. The molecule has 0 atom stereocenters. The summed E-state index contributed by atoms with van der Waals surface area (Å²) in [5.41, 5.74) is 7.74. The van der Waals surface area contributed by atoms with E-state index in [4.69, 9.17) is 10.8 Å². The molecule has 0 spiro atoms. The highest BCUT2D eigenvalue weighted by Gasteiger charge is 2.12. The van der Waals surface area contributed by atoms with Gasteiger partial charge in [-0.15, -0.1) is 5.10 Å². The zero-order chi connectivity index (χ0) is 12.6. The maximum absolute atomic E-state index is 10.7. The highest BCUT2D eigenvalue weighted by Crippen LogP contribution is 2.19. The van der Waals surface area contributed by atoms with Gasteiger partial charge in [-0.1, -0.05) is 0 Å². The Morgan fingerprint density at radius 2 is 2.29 bits per heavy atom. The molecule has 0 aliphatic carbocycles. The molecule has 0 aliphatic rings. The van der Waals surface area contributed by atoms with Gasteiger partial charge < -0.3 is 15.7 Å². The monoisotopic (exact) mass is 235 g/mol. The molecule has 90 valence electrons. The lowest BCUT2D eigenvalue weighted by molar-refractivity contribution is -0.135. The molecule has 0 saturated heterocycles. The van der Waals surface area contributed by atoms with Crippen molar-refractivity contribution in [2.75, 3.05) is 24.2 Å². The van der Waals surface area contributed by atoms with E-state index in [9.17, 15) is 4.79 Å². The zero-order valence-corrected chi connectivity index (χ0v) is 9.58. The van der Waals surface area contributed by atoms with Crippen LogP contribution in [0.15, 0.2) is 12.1 Å². The molecule has 2 aromatic heterocycles. The second-order valence-electron chi connectivity index (χ2n) is 3.79. The van der Waals surface area contributed by atoms with Gasteiger partial charge in [0.1, 0.15) is 6.54 Å². The number of hydrogen-bond acceptors (Lipinski definition) is 5. The van der Waals surface area contributed by atoms with Crippen molar-refractivity contribution >= 4 is 23.3 Å². The van der Waals surface area contributed by atoms with Gasteiger partial charge in [0.05, 0.1) is 11.4 Å². The number of pyridine rings is 1. The van der Waals surface area contributed by atoms with Crippen LogP contribution in [0.25, 0.3) is 5.65 Å². The number of nitrogen functional groups attached to an aromatic ring is 1. The molecule has 0 bridgehead atoms. The predicted molar refractivity (Wildman–Crippen MR) is 63.0 cm³/mol. The van der Waals surface area contributed by atoms with Crippen LogP contribution in [0.1, 0.15) is 5.69 Å². The van der Waals surface area contributed by atoms with Crippen LogP contribution in [-0.2, 0) is 4.79 Å². The van der Waals surface area contributed by atoms with Crippen LogP contribution in [0.2, 0.25) is 0 Å². The Bertz CT molecular complexity index is 577. The maximum Gasteiger partial charge on any atom is 0.323 e. The van der Waals surface area contributed by atoms with Gasteiger partial charge in [0, 0.05) is 7.05 Å². The maximum atomic E-state index is 10.7. The van der Waals surface area contributed by atoms with Gasteiger partial charge in [-0.2, -0.15) is 4.98 Å². The Hall–Kier alpha value is -2.31. The Labute approximate surface area is 97.5 Å². The minimum absolute atomic E-state index is 0.0729. The minimum Gasteiger partial charge on any atom is -0.480 e. The van der Waals surface area contributed by atoms with E-state index < -0.39 is 5.97 Å². The van der Waals surface area contributed by atoms with E-state index in [1.54, 1.807) is 22.5 Å². The number of fused-ring (bicyclic) bond motifs is 1. The number of carboxylic acid groups (broad SMARTS) is 1. The molecule has 0 unspecified atom stereocenters. The van der Waals surface area contributed by atoms with Crippen molar-refractivity contribution < 1.29 is 9.90 Å². The molecular formula is C10H13N5O2. The fourth-order valence-electron chi connectivity index (χ4n) is 1.77.